The number of carboxylic acids is 1. The lowest BCUT2D eigenvalue weighted by atomic mass is 9.44. The summed E-state index contributed by atoms with van der Waals surface area (Å²) in [5.74, 6) is 1.15. The zero-order chi connectivity index (χ0) is 27.8. The van der Waals surface area contributed by atoms with Gasteiger partial charge in [0.15, 0.2) is 0 Å². The van der Waals surface area contributed by atoms with E-state index in [1.54, 1.807) is 13.8 Å². The maximum Gasteiger partial charge on any atom is 0.511 e. The average Bonchev–Trinajstić information content (AvgIpc) is 3.15. The predicted octanol–water partition coefficient (Wildman–Crippen LogP) is 6.15. The van der Waals surface area contributed by atoms with Crippen LogP contribution in [0.2, 0.25) is 0 Å². The maximum atomic E-state index is 12.4. The molecule has 0 aromatic carbocycles. The van der Waals surface area contributed by atoms with Crippen molar-refractivity contribution >= 4 is 23.9 Å². The van der Waals surface area contributed by atoms with Crippen molar-refractivity contribution in [1.82, 2.24) is 0 Å². The van der Waals surface area contributed by atoms with E-state index in [2.05, 4.69) is 13.8 Å². The first-order valence-electron chi connectivity index (χ1n) is 14.6. The SMILES string of the molecule is CC(=O)C1CC[C@H]2C3CC[C@H]4C[C@H](OC(=O)OC(C)OC(=O)CC(C)CC(=O)O)CCC4(C)[C@H]3CCC12C. The van der Waals surface area contributed by atoms with Gasteiger partial charge in [-0.3, -0.25) is 14.4 Å². The van der Waals surface area contributed by atoms with Crippen molar-refractivity contribution in [2.24, 2.45) is 46.3 Å². The zero-order valence-corrected chi connectivity index (χ0v) is 23.7. The minimum absolute atomic E-state index is 0.0600. The number of carbonyl (C=O) groups excluding carboxylic acids is 3. The quantitative estimate of drug-likeness (QED) is 0.291. The Bertz CT molecular complexity index is 931. The zero-order valence-electron chi connectivity index (χ0n) is 23.7. The normalized spacial score (nSPS) is 39.5. The number of hydrogen-bond acceptors (Lipinski definition) is 7. The molecule has 10 atom stereocenters. The number of aliphatic carboxylic acids is 1. The second kappa shape index (κ2) is 11.2. The second-order valence-electron chi connectivity index (χ2n) is 13.3. The highest BCUT2D eigenvalue weighted by Crippen LogP contribution is 2.67. The molecule has 8 heteroatoms. The minimum Gasteiger partial charge on any atom is -0.481 e. The Balaban J connectivity index is 1.27. The summed E-state index contributed by atoms with van der Waals surface area (Å²) >= 11 is 0. The molecule has 8 nitrogen and oxygen atoms in total. The first-order chi connectivity index (χ1) is 17.8. The summed E-state index contributed by atoms with van der Waals surface area (Å²) in [6.07, 6.45) is 7.20. The Morgan fingerprint density at radius 3 is 2.24 bits per heavy atom. The Morgan fingerprint density at radius 2 is 1.55 bits per heavy atom. The van der Waals surface area contributed by atoms with Gasteiger partial charge in [0.1, 0.15) is 11.9 Å². The number of ether oxygens (including phenoxy) is 3. The summed E-state index contributed by atoms with van der Waals surface area (Å²) in [7, 11) is 0. The maximum absolute atomic E-state index is 12.4. The molecule has 0 aromatic heterocycles. The average molecular weight is 535 g/mol. The van der Waals surface area contributed by atoms with E-state index in [1.807, 2.05) is 0 Å². The number of carboxylic acid groups (broad SMARTS) is 1. The summed E-state index contributed by atoms with van der Waals surface area (Å²) in [6, 6.07) is 0. The van der Waals surface area contributed by atoms with Gasteiger partial charge in [0, 0.05) is 25.7 Å². The van der Waals surface area contributed by atoms with Crippen molar-refractivity contribution in [2.45, 2.75) is 118 Å². The number of carbonyl (C=O) groups is 4. The molecule has 0 saturated heterocycles. The van der Waals surface area contributed by atoms with Gasteiger partial charge in [0.2, 0.25) is 6.29 Å². The molecule has 0 aliphatic heterocycles. The smallest absolute Gasteiger partial charge is 0.481 e. The van der Waals surface area contributed by atoms with Crippen molar-refractivity contribution in [1.29, 1.82) is 0 Å². The Kier molecular flexibility index (Phi) is 8.49. The van der Waals surface area contributed by atoms with E-state index in [0.717, 1.165) is 38.5 Å². The first-order valence-corrected chi connectivity index (χ1v) is 14.6. The largest absolute Gasteiger partial charge is 0.511 e. The topological polar surface area (TPSA) is 116 Å². The van der Waals surface area contributed by atoms with Crippen LogP contribution in [-0.4, -0.2) is 41.4 Å². The van der Waals surface area contributed by atoms with E-state index >= 15 is 0 Å². The minimum atomic E-state index is -1.10. The summed E-state index contributed by atoms with van der Waals surface area (Å²) in [4.78, 5) is 47.6. The molecule has 4 rings (SSSR count). The van der Waals surface area contributed by atoms with E-state index in [0.29, 0.717) is 29.5 Å². The molecule has 0 aromatic rings. The van der Waals surface area contributed by atoms with Gasteiger partial charge < -0.3 is 19.3 Å². The van der Waals surface area contributed by atoms with Crippen LogP contribution in [0.1, 0.15) is 105 Å². The molecular formula is C30H46O8. The fourth-order valence-electron chi connectivity index (χ4n) is 9.20. The first kappa shape index (κ1) is 28.9. The third kappa shape index (κ3) is 5.74. The van der Waals surface area contributed by atoms with Crippen molar-refractivity contribution in [3.63, 3.8) is 0 Å². The van der Waals surface area contributed by atoms with Crippen LogP contribution in [0.25, 0.3) is 0 Å². The standard InChI is InChI=1S/C30H46O8/c1-17(14-26(32)33)15-27(34)36-19(3)37-28(35)38-21-10-12-29(4)20(16-21)6-7-22-24-9-8-23(18(2)31)30(24,5)13-11-25(22)29/h17,19-25H,6-16H2,1-5H3,(H,32,33)/t17?,19?,20-,21+,22?,23?,24-,25-,29?,30?/m0/s1. The van der Waals surface area contributed by atoms with Gasteiger partial charge in [-0.25, -0.2) is 4.79 Å². The molecule has 0 radical (unpaired) electrons. The lowest BCUT2D eigenvalue weighted by Gasteiger charge is -2.61. The third-order valence-corrected chi connectivity index (χ3v) is 11.0. The van der Waals surface area contributed by atoms with E-state index in [-0.39, 0.29) is 41.6 Å². The summed E-state index contributed by atoms with van der Waals surface area (Å²) in [5, 5.41) is 8.82. The van der Waals surface area contributed by atoms with E-state index in [1.165, 1.54) is 26.2 Å². The highest BCUT2D eigenvalue weighted by atomic mass is 16.8. The molecule has 0 amide bonds. The molecule has 4 fully saturated rings. The Morgan fingerprint density at radius 1 is 0.868 bits per heavy atom. The van der Waals surface area contributed by atoms with E-state index in [9.17, 15) is 19.2 Å². The Hall–Kier alpha value is -2.12. The lowest BCUT2D eigenvalue weighted by molar-refractivity contribution is -0.172. The number of Topliss-reactive ketones (excluding diaryl/α,β-unsaturated/α-hetero) is 1. The van der Waals surface area contributed by atoms with Crippen LogP contribution in [-0.2, 0) is 28.6 Å². The molecule has 0 bridgehead atoms. The van der Waals surface area contributed by atoms with Crippen molar-refractivity contribution in [3.05, 3.63) is 0 Å². The molecule has 4 saturated carbocycles. The molecule has 1 N–H and O–H groups in total. The monoisotopic (exact) mass is 534 g/mol. The van der Waals surface area contributed by atoms with Crippen LogP contribution >= 0.6 is 0 Å². The van der Waals surface area contributed by atoms with Crippen LogP contribution in [0.15, 0.2) is 0 Å². The molecule has 38 heavy (non-hydrogen) atoms. The van der Waals surface area contributed by atoms with Gasteiger partial charge in [0.05, 0.1) is 0 Å². The van der Waals surface area contributed by atoms with Crippen molar-refractivity contribution in [3.8, 4) is 0 Å². The fraction of sp³-hybridized carbons (Fsp3) is 0.867. The van der Waals surface area contributed by atoms with Crippen molar-refractivity contribution in [2.75, 3.05) is 0 Å². The molecule has 0 spiro atoms. The highest BCUT2D eigenvalue weighted by Gasteiger charge is 2.61. The number of esters is 1. The number of rotatable bonds is 8. The molecule has 4 aliphatic rings. The van der Waals surface area contributed by atoms with Crippen LogP contribution < -0.4 is 0 Å². The molecule has 214 valence electrons. The van der Waals surface area contributed by atoms with Gasteiger partial charge in [-0.1, -0.05) is 20.8 Å². The predicted molar refractivity (Wildman–Crippen MR) is 139 cm³/mol. The lowest BCUT2D eigenvalue weighted by Crippen LogP contribution is -2.54. The van der Waals surface area contributed by atoms with Crippen LogP contribution in [0, 0.1) is 46.3 Å². The second-order valence-corrected chi connectivity index (χ2v) is 13.3. The van der Waals surface area contributed by atoms with Gasteiger partial charge in [-0.15, -0.1) is 0 Å². The third-order valence-electron chi connectivity index (χ3n) is 11.0. The van der Waals surface area contributed by atoms with Gasteiger partial charge in [0.25, 0.3) is 0 Å². The summed E-state index contributed by atoms with van der Waals surface area (Å²) in [5.41, 5.74) is 0.395. The van der Waals surface area contributed by atoms with Gasteiger partial charge >= 0.3 is 18.1 Å². The summed E-state index contributed by atoms with van der Waals surface area (Å²) in [6.45, 7) is 9.73. The molecular weight excluding hydrogens is 488 g/mol. The van der Waals surface area contributed by atoms with E-state index in [4.69, 9.17) is 19.3 Å². The van der Waals surface area contributed by atoms with Gasteiger partial charge in [-0.05, 0) is 105 Å². The molecule has 4 aliphatic carbocycles. The fourth-order valence-corrected chi connectivity index (χ4v) is 9.20. The molecule has 0 heterocycles. The van der Waals surface area contributed by atoms with E-state index < -0.39 is 24.4 Å². The molecule has 6 unspecified atom stereocenters. The van der Waals surface area contributed by atoms with Gasteiger partial charge in [-0.2, -0.15) is 0 Å². The van der Waals surface area contributed by atoms with Crippen LogP contribution in [0.5, 0.6) is 0 Å². The van der Waals surface area contributed by atoms with Crippen LogP contribution in [0.4, 0.5) is 4.79 Å². The Labute approximate surface area is 226 Å². The number of fused-ring (bicyclic) bond motifs is 5. The number of hydrogen-bond donors (Lipinski definition) is 1. The van der Waals surface area contributed by atoms with Crippen LogP contribution in [0.3, 0.4) is 0 Å². The highest BCUT2D eigenvalue weighted by molar-refractivity contribution is 5.79. The number of ketones is 1. The van der Waals surface area contributed by atoms with Crippen molar-refractivity contribution < 1.29 is 38.5 Å². The summed E-state index contributed by atoms with van der Waals surface area (Å²) < 4.78 is 16.0.